The fourth-order valence-electron chi connectivity index (χ4n) is 2.08. The summed E-state index contributed by atoms with van der Waals surface area (Å²) in [6.07, 6.45) is 2.85. The van der Waals surface area contributed by atoms with Crippen LogP contribution < -0.4 is 5.32 Å². The van der Waals surface area contributed by atoms with Gasteiger partial charge in [-0.1, -0.05) is 13.8 Å². The zero-order valence-corrected chi connectivity index (χ0v) is 9.38. The summed E-state index contributed by atoms with van der Waals surface area (Å²) in [6.45, 7) is 7.30. The van der Waals surface area contributed by atoms with Gasteiger partial charge in [-0.15, -0.1) is 0 Å². The minimum Gasteiger partial charge on any atom is -0.387 e. The molecule has 3 nitrogen and oxygen atoms in total. The van der Waals surface area contributed by atoms with Crippen LogP contribution in [0.2, 0.25) is 0 Å². The standard InChI is InChI=1S/C11H23NO2/c1-3-7-14-9-11(13)5-6-12-8-10(11)4-2/h10,12-13H,3-9H2,1-2H3. The van der Waals surface area contributed by atoms with Crippen molar-refractivity contribution in [2.75, 3.05) is 26.3 Å². The Hall–Kier alpha value is -0.120. The second kappa shape index (κ2) is 5.69. The predicted molar refractivity (Wildman–Crippen MR) is 57.3 cm³/mol. The van der Waals surface area contributed by atoms with Crippen LogP contribution in [-0.4, -0.2) is 37.0 Å². The van der Waals surface area contributed by atoms with Crippen LogP contribution in [0.3, 0.4) is 0 Å². The zero-order chi connectivity index (χ0) is 10.4. The fraction of sp³-hybridized carbons (Fsp3) is 1.00. The van der Waals surface area contributed by atoms with Crippen LogP contribution in [0.15, 0.2) is 0 Å². The van der Waals surface area contributed by atoms with Gasteiger partial charge in [0, 0.05) is 19.1 Å². The van der Waals surface area contributed by atoms with Gasteiger partial charge in [-0.2, -0.15) is 0 Å². The number of hydrogen-bond acceptors (Lipinski definition) is 3. The molecule has 1 saturated heterocycles. The molecule has 0 aromatic heterocycles. The minimum absolute atomic E-state index is 0.341. The highest BCUT2D eigenvalue weighted by Gasteiger charge is 2.37. The molecule has 14 heavy (non-hydrogen) atoms. The quantitative estimate of drug-likeness (QED) is 0.656. The fourth-order valence-corrected chi connectivity index (χ4v) is 2.08. The molecule has 1 rings (SSSR count). The molecule has 84 valence electrons. The number of piperidine rings is 1. The van der Waals surface area contributed by atoms with Crippen LogP contribution in [0, 0.1) is 5.92 Å². The first kappa shape index (κ1) is 12.0. The normalized spacial score (nSPS) is 33.2. The molecule has 0 amide bonds. The number of aliphatic hydroxyl groups is 1. The smallest absolute Gasteiger partial charge is 0.0932 e. The van der Waals surface area contributed by atoms with E-state index >= 15 is 0 Å². The predicted octanol–water partition coefficient (Wildman–Crippen LogP) is 1.16. The molecule has 1 aliphatic rings. The van der Waals surface area contributed by atoms with E-state index in [0.717, 1.165) is 39.0 Å². The molecule has 0 saturated carbocycles. The molecule has 2 unspecified atom stereocenters. The van der Waals surface area contributed by atoms with Crippen LogP contribution in [0.4, 0.5) is 0 Å². The zero-order valence-electron chi connectivity index (χ0n) is 9.38. The molecule has 1 fully saturated rings. The lowest BCUT2D eigenvalue weighted by molar-refractivity contribution is -0.100. The molecule has 1 aliphatic heterocycles. The first-order valence-corrected chi connectivity index (χ1v) is 5.73. The average Bonchev–Trinajstić information content (AvgIpc) is 2.19. The molecule has 0 radical (unpaired) electrons. The number of nitrogens with one attached hydrogen (secondary N) is 1. The minimum atomic E-state index is -0.588. The van der Waals surface area contributed by atoms with Crippen molar-refractivity contribution < 1.29 is 9.84 Å². The second-order valence-corrected chi connectivity index (χ2v) is 4.22. The lowest BCUT2D eigenvalue weighted by Crippen LogP contribution is -2.52. The summed E-state index contributed by atoms with van der Waals surface area (Å²) in [7, 11) is 0. The molecule has 2 N–H and O–H groups in total. The summed E-state index contributed by atoms with van der Waals surface area (Å²) < 4.78 is 5.48. The van der Waals surface area contributed by atoms with Crippen molar-refractivity contribution in [1.29, 1.82) is 0 Å². The monoisotopic (exact) mass is 201 g/mol. The highest BCUT2D eigenvalue weighted by Crippen LogP contribution is 2.27. The van der Waals surface area contributed by atoms with Gasteiger partial charge in [-0.05, 0) is 25.8 Å². The molecule has 1 heterocycles. The maximum Gasteiger partial charge on any atom is 0.0932 e. The Kier molecular flexibility index (Phi) is 4.85. The van der Waals surface area contributed by atoms with E-state index in [0.29, 0.717) is 12.5 Å². The van der Waals surface area contributed by atoms with E-state index in [2.05, 4.69) is 19.2 Å². The molecule has 3 heteroatoms. The van der Waals surface area contributed by atoms with E-state index in [1.807, 2.05) is 0 Å². The van der Waals surface area contributed by atoms with Gasteiger partial charge in [0.1, 0.15) is 0 Å². The Morgan fingerprint density at radius 2 is 2.29 bits per heavy atom. The Bertz CT molecular complexity index is 163. The summed E-state index contributed by atoms with van der Waals surface area (Å²) in [5.41, 5.74) is -0.588. The highest BCUT2D eigenvalue weighted by molar-refractivity contribution is 4.91. The van der Waals surface area contributed by atoms with Crippen molar-refractivity contribution in [3.63, 3.8) is 0 Å². The van der Waals surface area contributed by atoms with E-state index in [-0.39, 0.29) is 0 Å². The van der Waals surface area contributed by atoms with E-state index < -0.39 is 5.60 Å². The summed E-state index contributed by atoms with van der Waals surface area (Å²) in [5, 5.41) is 13.7. The van der Waals surface area contributed by atoms with E-state index in [1.54, 1.807) is 0 Å². The average molecular weight is 201 g/mol. The summed E-state index contributed by atoms with van der Waals surface area (Å²) in [5.74, 6) is 0.341. The van der Waals surface area contributed by atoms with Gasteiger partial charge in [0.2, 0.25) is 0 Å². The maximum atomic E-state index is 10.4. The molecule has 0 aliphatic carbocycles. The lowest BCUT2D eigenvalue weighted by Gasteiger charge is -2.39. The SMILES string of the molecule is CCCOCC1(O)CCNCC1CC. The third kappa shape index (κ3) is 2.94. The second-order valence-electron chi connectivity index (χ2n) is 4.22. The number of ether oxygens (including phenoxy) is 1. The number of hydrogen-bond donors (Lipinski definition) is 2. The number of rotatable bonds is 5. The molecular formula is C11H23NO2. The van der Waals surface area contributed by atoms with E-state index in [1.165, 1.54) is 0 Å². The van der Waals surface area contributed by atoms with Gasteiger partial charge in [0.25, 0.3) is 0 Å². The summed E-state index contributed by atoms with van der Waals surface area (Å²) in [6, 6.07) is 0. The van der Waals surface area contributed by atoms with Crippen molar-refractivity contribution in [2.24, 2.45) is 5.92 Å². The highest BCUT2D eigenvalue weighted by atomic mass is 16.5. The molecular weight excluding hydrogens is 178 g/mol. The summed E-state index contributed by atoms with van der Waals surface area (Å²) in [4.78, 5) is 0. The molecule has 0 spiro atoms. The van der Waals surface area contributed by atoms with Crippen molar-refractivity contribution in [3.8, 4) is 0 Å². The van der Waals surface area contributed by atoms with Crippen molar-refractivity contribution >= 4 is 0 Å². The Labute approximate surface area is 86.8 Å². The van der Waals surface area contributed by atoms with E-state index in [4.69, 9.17) is 4.74 Å². The molecule has 0 aromatic rings. The van der Waals surface area contributed by atoms with Crippen molar-refractivity contribution in [2.45, 2.75) is 38.7 Å². The lowest BCUT2D eigenvalue weighted by atomic mass is 9.81. The third-order valence-corrected chi connectivity index (χ3v) is 3.08. The van der Waals surface area contributed by atoms with Gasteiger partial charge in [-0.25, -0.2) is 0 Å². The van der Waals surface area contributed by atoms with Crippen LogP contribution >= 0.6 is 0 Å². The van der Waals surface area contributed by atoms with Crippen LogP contribution in [-0.2, 0) is 4.74 Å². The van der Waals surface area contributed by atoms with Crippen molar-refractivity contribution in [3.05, 3.63) is 0 Å². The van der Waals surface area contributed by atoms with Gasteiger partial charge in [-0.3, -0.25) is 0 Å². The Morgan fingerprint density at radius 3 is 2.93 bits per heavy atom. The van der Waals surface area contributed by atoms with Crippen LogP contribution in [0.25, 0.3) is 0 Å². The largest absolute Gasteiger partial charge is 0.387 e. The Morgan fingerprint density at radius 1 is 1.50 bits per heavy atom. The molecule has 2 atom stereocenters. The first-order chi connectivity index (χ1) is 6.73. The first-order valence-electron chi connectivity index (χ1n) is 5.73. The van der Waals surface area contributed by atoms with Gasteiger partial charge >= 0.3 is 0 Å². The van der Waals surface area contributed by atoms with Gasteiger partial charge in [0.15, 0.2) is 0 Å². The maximum absolute atomic E-state index is 10.4. The van der Waals surface area contributed by atoms with E-state index in [9.17, 15) is 5.11 Å². The van der Waals surface area contributed by atoms with Crippen LogP contribution in [0.5, 0.6) is 0 Å². The molecule has 0 bridgehead atoms. The topological polar surface area (TPSA) is 41.5 Å². The Balaban J connectivity index is 2.41. The van der Waals surface area contributed by atoms with Crippen LogP contribution in [0.1, 0.15) is 33.1 Å². The van der Waals surface area contributed by atoms with Gasteiger partial charge in [0.05, 0.1) is 12.2 Å². The summed E-state index contributed by atoms with van der Waals surface area (Å²) >= 11 is 0. The van der Waals surface area contributed by atoms with Gasteiger partial charge < -0.3 is 15.2 Å². The van der Waals surface area contributed by atoms with Crippen molar-refractivity contribution in [1.82, 2.24) is 5.32 Å². The molecule has 0 aromatic carbocycles. The third-order valence-electron chi connectivity index (χ3n) is 3.08.